The molecular weight excluding hydrogens is 539 g/mol. The molecule has 0 atom stereocenters. The van der Waals surface area contributed by atoms with Crippen molar-refractivity contribution in [2.75, 3.05) is 18.6 Å². The first kappa shape index (κ1) is 28.2. The minimum Gasteiger partial charge on any atom is -0.465 e. The van der Waals surface area contributed by atoms with Gasteiger partial charge in [-0.3, -0.25) is 9.69 Å². The van der Waals surface area contributed by atoms with Gasteiger partial charge in [0.05, 0.1) is 40.2 Å². The van der Waals surface area contributed by atoms with Crippen LogP contribution < -0.4 is 4.90 Å². The van der Waals surface area contributed by atoms with E-state index >= 15 is 0 Å². The molecule has 0 N–H and O–H groups in total. The first-order valence-electron chi connectivity index (χ1n) is 11.9. The average Bonchev–Trinajstić information content (AvgIpc) is 3.26. The molecule has 1 aliphatic heterocycles. The largest absolute Gasteiger partial charge is 0.465 e. The maximum atomic E-state index is 13.8. The molecule has 0 unspecified atom stereocenters. The van der Waals surface area contributed by atoms with Crippen LogP contribution in [0, 0.1) is 0 Å². The van der Waals surface area contributed by atoms with Gasteiger partial charge in [-0.2, -0.15) is 23.0 Å². The maximum absolute atomic E-state index is 13.8. The molecule has 0 saturated heterocycles. The van der Waals surface area contributed by atoms with E-state index in [1.54, 1.807) is 32.9 Å². The van der Waals surface area contributed by atoms with Gasteiger partial charge in [-0.05, 0) is 57.9 Å². The topological polar surface area (TPSA) is 90.7 Å². The number of anilines is 1. The van der Waals surface area contributed by atoms with Crippen molar-refractivity contribution in [2.45, 2.75) is 45.4 Å². The fourth-order valence-electron chi connectivity index (χ4n) is 4.30. The van der Waals surface area contributed by atoms with Crippen LogP contribution in [0.1, 0.15) is 59.2 Å². The van der Waals surface area contributed by atoms with E-state index in [0.29, 0.717) is 12.0 Å². The Morgan fingerprint density at radius 1 is 1.03 bits per heavy atom. The van der Waals surface area contributed by atoms with Gasteiger partial charge in [-0.1, -0.05) is 29.8 Å². The number of nitrogens with zero attached hydrogens (tertiary/aromatic N) is 3. The summed E-state index contributed by atoms with van der Waals surface area (Å²) < 4.78 is 52.6. The molecule has 0 radical (unpaired) electrons. The zero-order chi connectivity index (χ0) is 28.7. The summed E-state index contributed by atoms with van der Waals surface area (Å²) in [7, 11) is 1.24. The van der Waals surface area contributed by atoms with Gasteiger partial charge in [0.15, 0.2) is 0 Å². The number of rotatable bonds is 3. The number of ether oxygens (including phenoxy) is 2. The lowest BCUT2D eigenvalue weighted by atomic mass is 10.0. The molecule has 0 spiro atoms. The SMILES string of the molecule is COC(=O)c1ccc(-c2nn(C(=O)c3c(Cl)cccc3C(F)(F)F)c3c2N(C(=O)OC(C)(C)C)CCC3)cc1. The lowest BCUT2D eigenvalue weighted by molar-refractivity contribution is -0.137. The summed E-state index contributed by atoms with van der Waals surface area (Å²) in [5.74, 6) is -1.66. The molecule has 0 fully saturated rings. The van der Waals surface area contributed by atoms with Crippen LogP contribution in [0.3, 0.4) is 0 Å². The molecule has 0 saturated carbocycles. The Morgan fingerprint density at radius 2 is 1.69 bits per heavy atom. The van der Waals surface area contributed by atoms with E-state index in [1.165, 1.54) is 30.2 Å². The van der Waals surface area contributed by atoms with Crippen molar-refractivity contribution < 1.29 is 37.0 Å². The molecule has 2 aromatic carbocycles. The number of fused-ring (bicyclic) bond motifs is 1. The van der Waals surface area contributed by atoms with Gasteiger partial charge in [0.1, 0.15) is 11.3 Å². The first-order valence-corrected chi connectivity index (χ1v) is 12.3. The number of methoxy groups -OCH3 is 1. The summed E-state index contributed by atoms with van der Waals surface area (Å²) in [4.78, 5) is 40.1. The van der Waals surface area contributed by atoms with Crippen LogP contribution in [0.2, 0.25) is 5.02 Å². The Morgan fingerprint density at radius 3 is 2.28 bits per heavy atom. The Bertz CT molecular complexity index is 1440. The first-order chi connectivity index (χ1) is 18.2. The molecule has 0 aliphatic carbocycles. The van der Waals surface area contributed by atoms with Crippen LogP contribution in [0.25, 0.3) is 11.3 Å². The molecule has 4 rings (SSSR count). The van der Waals surface area contributed by atoms with Gasteiger partial charge in [0.2, 0.25) is 0 Å². The van der Waals surface area contributed by atoms with Crippen LogP contribution in [-0.2, 0) is 22.1 Å². The number of benzene rings is 2. The monoisotopic (exact) mass is 563 g/mol. The molecule has 3 aromatic rings. The maximum Gasteiger partial charge on any atom is 0.417 e. The van der Waals surface area contributed by atoms with Gasteiger partial charge < -0.3 is 9.47 Å². The van der Waals surface area contributed by atoms with E-state index in [0.717, 1.165) is 16.8 Å². The number of esters is 1. The summed E-state index contributed by atoms with van der Waals surface area (Å²) in [5.41, 5.74) is -1.50. The summed E-state index contributed by atoms with van der Waals surface area (Å²) in [6.07, 6.45) is -4.89. The van der Waals surface area contributed by atoms with Crippen LogP contribution in [-0.4, -0.2) is 47.0 Å². The Kier molecular flexibility index (Phi) is 7.48. The minimum absolute atomic E-state index is 0.154. The molecule has 1 amide bonds. The van der Waals surface area contributed by atoms with Gasteiger partial charge in [0.25, 0.3) is 5.91 Å². The van der Waals surface area contributed by atoms with Gasteiger partial charge in [-0.15, -0.1) is 0 Å². The van der Waals surface area contributed by atoms with Crippen molar-refractivity contribution in [1.29, 1.82) is 0 Å². The number of hydrogen-bond donors (Lipinski definition) is 0. The number of carbonyl (C=O) groups is 3. The Balaban J connectivity index is 1.92. The highest BCUT2D eigenvalue weighted by Gasteiger charge is 2.39. The molecule has 39 heavy (non-hydrogen) atoms. The summed E-state index contributed by atoms with van der Waals surface area (Å²) >= 11 is 6.11. The van der Waals surface area contributed by atoms with Crippen LogP contribution in [0.4, 0.5) is 23.7 Å². The highest BCUT2D eigenvalue weighted by molar-refractivity contribution is 6.34. The van der Waals surface area contributed by atoms with Crippen LogP contribution >= 0.6 is 11.6 Å². The van der Waals surface area contributed by atoms with E-state index in [1.807, 2.05) is 0 Å². The second-order valence-corrected chi connectivity index (χ2v) is 10.2. The predicted octanol–water partition coefficient (Wildman–Crippen LogP) is 6.39. The average molecular weight is 564 g/mol. The quantitative estimate of drug-likeness (QED) is 0.343. The Labute approximate surface area is 227 Å². The molecular formula is C27H25ClF3N3O5. The lowest BCUT2D eigenvalue weighted by Crippen LogP contribution is -2.40. The van der Waals surface area contributed by atoms with Crippen molar-refractivity contribution >= 4 is 35.3 Å². The number of amides is 1. The van der Waals surface area contributed by atoms with Crippen LogP contribution in [0.5, 0.6) is 0 Å². The lowest BCUT2D eigenvalue weighted by Gasteiger charge is -2.30. The molecule has 8 nitrogen and oxygen atoms in total. The normalized spacial score (nSPS) is 13.6. The van der Waals surface area contributed by atoms with Crippen molar-refractivity contribution in [1.82, 2.24) is 9.78 Å². The predicted molar refractivity (Wildman–Crippen MR) is 137 cm³/mol. The Hall–Kier alpha value is -3.86. The fraction of sp³-hybridized carbons (Fsp3) is 0.333. The summed E-state index contributed by atoms with van der Waals surface area (Å²) in [6, 6.07) is 9.12. The van der Waals surface area contributed by atoms with Gasteiger partial charge in [0, 0.05) is 12.1 Å². The van der Waals surface area contributed by atoms with E-state index in [-0.39, 0.29) is 40.6 Å². The second-order valence-electron chi connectivity index (χ2n) is 9.83. The minimum atomic E-state index is -4.85. The fourth-order valence-corrected chi connectivity index (χ4v) is 4.55. The third-order valence-electron chi connectivity index (χ3n) is 5.94. The molecule has 206 valence electrons. The zero-order valence-electron chi connectivity index (χ0n) is 21.6. The zero-order valence-corrected chi connectivity index (χ0v) is 22.3. The number of halogens is 4. The van der Waals surface area contributed by atoms with E-state index in [4.69, 9.17) is 21.1 Å². The number of carbonyl (C=O) groups excluding carboxylic acids is 3. The van der Waals surface area contributed by atoms with E-state index in [2.05, 4.69) is 5.10 Å². The summed E-state index contributed by atoms with van der Waals surface area (Å²) in [6.45, 7) is 5.33. The molecule has 12 heteroatoms. The number of hydrogen-bond acceptors (Lipinski definition) is 6. The van der Waals surface area contributed by atoms with Crippen molar-refractivity contribution in [3.63, 3.8) is 0 Å². The summed E-state index contributed by atoms with van der Waals surface area (Å²) in [5, 5.41) is 4.02. The highest BCUT2D eigenvalue weighted by Crippen LogP contribution is 2.40. The van der Waals surface area contributed by atoms with Crippen molar-refractivity contribution in [3.05, 3.63) is 69.9 Å². The van der Waals surface area contributed by atoms with Gasteiger partial charge >= 0.3 is 18.2 Å². The molecule has 0 bridgehead atoms. The number of alkyl halides is 3. The third-order valence-corrected chi connectivity index (χ3v) is 6.25. The number of aromatic nitrogens is 2. The van der Waals surface area contributed by atoms with E-state index < -0.39 is 40.9 Å². The van der Waals surface area contributed by atoms with Gasteiger partial charge in [-0.25, -0.2) is 9.59 Å². The van der Waals surface area contributed by atoms with Crippen molar-refractivity contribution in [2.24, 2.45) is 0 Å². The third kappa shape index (κ3) is 5.63. The smallest absolute Gasteiger partial charge is 0.417 e. The van der Waals surface area contributed by atoms with Crippen LogP contribution in [0.15, 0.2) is 42.5 Å². The van der Waals surface area contributed by atoms with E-state index in [9.17, 15) is 27.6 Å². The van der Waals surface area contributed by atoms with Crippen molar-refractivity contribution in [3.8, 4) is 11.3 Å². The second kappa shape index (κ2) is 10.4. The molecule has 1 aliphatic rings. The highest BCUT2D eigenvalue weighted by atomic mass is 35.5. The standard InChI is InChI=1S/C27H25ClF3N3O5/c1-26(2,3)39-25(37)33-14-6-9-19-22(33)21(15-10-12-16(13-11-15)24(36)38-4)32-34(19)23(35)20-17(27(29,30)31)7-5-8-18(20)28/h5,7-8,10-13H,6,9,14H2,1-4H3. The molecule has 2 heterocycles. The molecule has 1 aromatic heterocycles.